The van der Waals surface area contributed by atoms with E-state index >= 15 is 0 Å². The lowest BCUT2D eigenvalue weighted by atomic mass is 10.3. The predicted molar refractivity (Wildman–Crippen MR) is 64.3 cm³/mol. The van der Waals surface area contributed by atoms with Crippen molar-refractivity contribution in [3.8, 4) is 11.4 Å². The van der Waals surface area contributed by atoms with Crippen LogP contribution in [0.2, 0.25) is 0 Å². The number of aryl methyl sites for hydroxylation is 1. The zero-order chi connectivity index (χ0) is 12.1. The fourth-order valence-electron chi connectivity index (χ4n) is 1.66. The molecule has 0 saturated heterocycles. The largest absolute Gasteiger partial charge is 0.494 e. The van der Waals surface area contributed by atoms with Gasteiger partial charge in [-0.1, -0.05) is 13.0 Å². The molecule has 0 fully saturated rings. The molecule has 1 aromatic carbocycles. The second-order valence-electron chi connectivity index (χ2n) is 3.69. The van der Waals surface area contributed by atoms with Gasteiger partial charge in [0.2, 0.25) is 0 Å². The molecule has 0 saturated carbocycles. The normalized spacial score (nSPS) is 10.5. The number of aromatic nitrogens is 4. The zero-order valence-corrected chi connectivity index (χ0v) is 10.1. The Morgan fingerprint density at radius 2 is 2.18 bits per heavy atom. The van der Waals surface area contributed by atoms with Gasteiger partial charge < -0.3 is 4.74 Å². The third kappa shape index (κ3) is 2.61. The highest BCUT2D eigenvalue weighted by Gasteiger charge is 2.07. The van der Waals surface area contributed by atoms with Gasteiger partial charge >= 0.3 is 0 Å². The van der Waals surface area contributed by atoms with Gasteiger partial charge in [0, 0.05) is 12.5 Å². The topological polar surface area (TPSA) is 52.8 Å². The van der Waals surface area contributed by atoms with Crippen LogP contribution in [0.15, 0.2) is 24.3 Å². The molecular formula is C12H16N4O. The van der Waals surface area contributed by atoms with E-state index in [2.05, 4.69) is 22.4 Å². The van der Waals surface area contributed by atoms with Crippen molar-refractivity contribution in [3.63, 3.8) is 0 Å². The first-order chi connectivity index (χ1) is 8.35. The highest BCUT2D eigenvalue weighted by Crippen LogP contribution is 2.17. The highest BCUT2D eigenvalue weighted by molar-refractivity contribution is 5.38. The maximum atomic E-state index is 5.46. The van der Waals surface area contributed by atoms with Crippen LogP contribution in [0.1, 0.15) is 26.1 Å². The van der Waals surface area contributed by atoms with Crippen molar-refractivity contribution in [2.75, 3.05) is 6.61 Å². The van der Waals surface area contributed by atoms with Crippen LogP contribution in [0, 0.1) is 0 Å². The number of rotatable bonds is 5. The van der Waals surface area contributed by atoms with E-state index in [4.69, 9.17) is 4.74 Å². The van der Waals surface area contributed by atoms with Gasteiger partial charge in [-0.2, -0.15) is 4.68 Å². The summed E-state index contributed by atoms with van der Waals surface area (Å²) in [6.45, 7) is 4.72. The molecule has 90 valence electrons. The lowest BCUT2D eigenvalue weighted by Gasteiger charge is -2.06. The Kier molecular flexibility index (Phi) is 3.69. The van der Waals surface area contributed by atoms with E-state index in [9.17, 15) is 0 Å². The minimum absolute atomic E-state index is 0.654. The average Bonchev–Trinajstić information content (AvgIpc) is 2.79. The summed E-state index contributed by atoms with van der Waals surface area (Å²) in [7, 11) is 0. The van der Waals surface area contributed by atoms with Crippen LogP contribution < -0.4 is 4.74 Å². The van der Waals surface area contributed by atoms with Crippen LogP contribution in [0.25, 0.3) is 5.69 Å². The number of tetrazole rings is 1. The van der Waals surface area contributed by atoms with Gasteiger partial charge in [-0.3, -0.25) is 0 Å². The van der Waals surface area contributed by atoms with Crippen LogP contribution in [-0.2, 0) is 6.42 Å². The first-order valence-electron chi connectivity index (χ1n) is 5.85. The first-order valence-corrected chi connectivity index (χ1v) is 5.85. The maximum Gasteiger partial charge on any atom is 0.156 e. The molecule has 5 nitrogen and oxygen atoms in total. The molecule has 2 aromatic rings. The number of benzene rings is 1. The summed E-state index contributed by atoms with van der Waals surface area (Å²) in [5.41, 5.74) is 0.935. The van der Waals surface area contributed by atoms with Crippen molar-refractivity contribution >= 4 is 0 Å². The molecule has 0 aliphatic heterocycles. The van der Waals surface area contributed by atoms with E-state index in [0.717, 1.165) is 30.1 Å². The van der Waals surface area contributed by atoms with Crippen molar-refractivity contribution < 1.29 is 4.74 Å². The van der Waals surface area contributed by atoms with Crippen LogP contribution in [0.3, 0.4) is 0 Å². The minimum atomic E-state index is 0.654. The number of nitrogens with zero attached hydrogens (tertiary/aromatic N) is 4. The lowest BCUT2D eigenvalue weighted by molar-refractivity contribution is 0.340. The molecule has 0 unspecified atom stereocenters. The standard InChI is InChI=1S/C12H16N4O/c1-3-6-12-13-14-15-16(12)10-7-5-8-11(9-10)17-4-2/h5,7-9H,3-4,6H2,1-2H3. The zero-order valence-electron chi connectivity index (χ0n) is 10.1. The molecule has 0 N–H and O–H groups in total. The summed E-state index contributed by atoms with van der Waals surface area (Å²) in [6.07, 6.45) is 1.89. The van der Waals surface area contributed by atoms with E-state index in [1.807, 2.05) is 31.2 Å². The Balaban J connectivity index is 2.31. The van der Waals surface area contributed by atoms with Crippen molar-refractivity contribution in [3.05, 3.63) is 30.1 Å². The van der Waals surface area contributed by atoms with E-state index in [1.54, 1.807) is 4.68 Å². The van der Waals surface area contributed by atoms with Gasteiger partial charge in [-0.25, -0.2) is 0 Å². The summed E-state index contributed by atoms with van der Waals surface area (Å²) in [4.78, 5) is 0. The van der Waals surface area contributed by atoms with Crippen molar-refractivity contribution in [1.29, 1.82) is 0 Å². The molecule has 17 heavy (non-hydrogen) atoms. The molecule has 0 aliphatic carbocycles. The first kappa shape index (κ1) is 11.6. The molecule has 0 spiro atoms. The molecule has 0 atom stereocenters. The second-order valence-corrected chi connectivity index (χ2v) is 3.69. The molecule has 0 bridgehead atoms. The Labute approximate surface area is 100 Å². The number of ether oxygens (including phenoxy) is 1. The monoisotopic (exact) mass is 232 g/mol. The van der Waals surface area contributed by atoms with Crippen molar-refractivity contribution in [2.24, 2.45) is 0 Å². The van der Waals surface area contributed by atoms with Gasteiger partial charge in [0.1, 0.15) is 5.75 Å². The summed E-state index contributed by atoms with van der Waals surface area (Å²) in [6, 6.07) is 7.78. The van der Waals surface area contributed by atoms with Crippen molar-refractivity contribution in [2.45, 2.75) is 26.7 Å². The fourth-order valence-corrected chi connectivity index (χ4v) is 1.66. The third-order valence-electron chi connectivity index (χ3n) is 2.38. The summed E-state index contributed by atoms with van der Waals surface area (Å²) in [5.74, 6) is 1.71. The summed E-state index contributed by atoms with van der Waals surface area (Å²) < 4.78 is 7.22. The molecule has 0 amide bonds. The molecule has 1 heterocycles. The third-order valence-corrected chi connectivity index (χ3v) is 2.38. The second kappa shape index (κ2) is 5.43. The van der Waals surface area contributed by atoms with Crippen LogP contribution in [-0.4, -0.2) is 26.8 Å². The highest BCUT2D eigenvalue weighted by atomic mass is 16.5. The Morgan fingerprint density at radius 1 is 1.29 bits per heavy atom. The minimum Gasteiger partial charge on any atom is -0.494 e. The molecule has 0 radical (unpaired) electrons. The number of hydrogen-bond donors (Lipinski definition) is 0. The smallest absolute Gasteiger partial charge is 0.156 e. The quantitative estimate of drug-likeness (QED) is 0.791. The fraction of sp³-hybridized carbons (Fsp3) is 0.417. The molecule has 0 aliphatic rings. The Morgan fingerprint density at radius 3 is 2.94 bits per heavy atom. The van der Waals surface area contributed by atoms with E-state index in [-0.39, 0.29) is 0 Å². The maximum absolute atomic E-state index is 5.46. The lowest BCUT2D eigenvalue weighted by Crippen LogP contribution is -2.03. The summed E-state index contributed by atoms with van der Waals surface area (Å²) in [5, 5.41) is 11.7. The molecular weight excluding hydrogens is 216 g/mol. The number of hydrogen-bond acceptors (Lipinski definition) is 4. The van der Waals surface area contributed by atoms with Crippen LogP contribution in [0.5, 0.6) is 5.75 Å². The van der Waals surface area contributed by atoms with Gasteiger partial charge in [0.25, 0.3) is 0 Å². The molecule has 5 heteroatoms. The van der Waals surface area contributed by atoms with E-state index in [0.29, 0.717) is 6.61 Å². The summed E-state index contributed by atoms with van der Waals surface area (Å²) >= 11 is 0. The van der Waals surface area contributed by atoms with Crippen LogP contribution >= 0.6 is 0 Å². The van der Waals surface area contributed by atoms with Gasteiger partial charge in [0.15, 0.2) is 5.82 Å². The molecule has 2 rings (SSSR count). The predicted octanol–water partition coefficient (Wildman–Crippen LogP) is 2.01. The average molecular weight is 232 g/mol. The Bertz CT molecular complexity index is 481. The van der Waals surface area contributed by atoms with Gasteiger partial charge in [-0.15, -0.1) is 5.10 Å². The van der Waals surface area contributed by atoms with Crippen molar-refractivity contribution in [1.82, 2.24) is 20.2 Å². The SMILES string of the molecule is CCCc1nnnn1-c1cccc(OCC)c1. The van der Waals surface area contributed by atoms with Gasteiger partial charge in [0.05, 0.1) is 12.3 Å². The molecule has 1 aromatic heterocycles. The van der Waals surface area contributed by atoms with E-state index < -0.39 is 0 Å². The van der Waals surface area contributed by atoms with Gasteiger partial charge in [-0.05, 0) is 35.9 Å². The van der Waals surface area contributed by atoms with E-state index in [1.165, 1.54) is 0 Å². The van der Waals surface area contributed by atoms with Crippen LogP contribution in [0.4, 0.5) is 0 Å². The Hall–Kier alpha value is -1.91.